The third-order valence-corrected chi connectivity index (χ3v) is 2.99. The molecule has 0 aliphatic heterocycles. The standard InChI is InChI=1S/C15H23N3O3/c1-12(19)18(11-15(20)16-9-10-21-4)14-7-5-13(6-8-14)17(2)3/h5-8H,9-11H2,1-4H3,(H,16,20). The first-order chi connectivity index (χ1) is 9.95. The minimum absolute atomic E-state index is 0.000356. The van der Waals surface area contributed by atoms with E-state index in [0.29, 0.717) is 18.8 Å². The molecule has 0 aromatic heterocycles. The second-order valence-corrected chi connectivity index (χ2v) is 4.86. The van der Waals surface area contributed by atoms with E-state index < -0.39 is 0 Å². The zero-order chi connectivity index (χ0) is 15.8. The Kier molecular flexibility index (Phi) is 6.68. The van der Waals surface area contributed by atoms with Crippen LogP contribution in [0.5, 0.6) is 0 Å². The number of rotatable bonds is 7. The number of nitrogens with zero attached hydrogens (tertiary/aromatic N) is 2. The zero-order valence-electron chi connectivity index (χ0n) is 13.0. The van der Waals surface area contributed by atoms with Crippen molar-refractivity contribution in [3.05, 3.63) is 24.3 Å². The SMILES string of the molecule is COCCNC(=O)CN(C(C)=O)c1ccc(N(C)C)cc1. The van der Waals surface area contributed by atoms with Crippen molar-refractivity contribution in [3.63, 3.8) is 0 Å². The van der Waals surface area contributed by atoms with E-state index in [1.165, 1.54) is 11.8 Å². The van der Waals surface area contributed by atoms with Crippen LogP contribution in [-0.4, -0.2) is 52.7 Å². The summed E-state index contributed by atoms with van der Waals surface area (Å²) >= 11 is 0. The molecule has 0 radical (unpaired) electrons. The first-order valence-corrected chi connectivity index (χ1v) is 6.77. The first kappa shape index (κ1) is 17.0. The number of methoxy groups -OCH3 is 1. The van der Waals surface area contributed by atoms with E-state index >= 15 is 0 Å². The van der Waals surface area contributed by atoms with Crippen molar-refractivity contribution in [1.82, 2.24) is 5.32 Å². The largest absolute Gasteiger partial charge is 0.383 e. The lowest BCUT2D eigenvalue weighted by Gasteiger charge is -2.22. The molecule has 1 N–H and O–H groups in total. The molecule has 1 rings (SSSR count). The molecule has 0 spiro atoms. The number of hydrogen-bond donors (Lipinski definition) is 1. The fraction of sp³-hybridized carbons (Fsp3) is 0.467. The van der Waals surface area contributed by atoms with Crippen molar-refractivity contribution in [1.29, 1.82) is 0 Å². The summed E-state index contributed by atoms with van der Waals surface area (Å²) in [6.45, 7) is 2.33. The van der Waals surface area contributed by atoms with E-state index in [-0.39, 0.29) is 18.4 Å². The van der Waals surface area contributed by atoms with Gasteiger partial charge in [-0.3, -0.25) is 9.59 Å². The molecule has 1 aromatic carbocycles. The van der Waals surface area contributed by atoms with Gasteiger partial charge in [0.25, 0.3) is 0 Å². The van der Waals surface area contributed by atoms with Gasteiger partial charge in [-0.1, -0.05) is 0 Å². The summed E-state index contributed by atoms with van der Waals surface area (Å²) in [5.74, 6) is -0.381. The molecule has 2 amide bonds. The lowest BCUT2D eigenvalue weighted by molar-refractivity contribution is -0.123. The van der Waals surface area contributed by atoms with Crippen LogP contribution in [0.1, 0.15) is 6.92 Å². The number of amides is 2. The maximum absolute atomic E-state index is 11.8. The average Bonchev–Trinajstić information content (AvgIpc) is 2.45. The third-order valence-electron chi connectivity index (χ3n) is 2.99. The van der Waals surface area contributed by atoms with Gasteiger partial charge in [0.05, 0.1) is 6.61 Å². The van der Waals surface area contributed by atoms with Gasteiger partial charge in [-0.25, -0.2) is 0 Å². The third kappa shape index (κ3) is 5.43. The van der Waals surface area contributed by atoms with Crippen LogP contribution in [0.2, 0.25) is 0 Å². The molecule has 0 bridgehead atoms. The Balaban J connectivity index is 2.73. The van der Waals surface area contributed by atoms with Crippen molar-refractivity contribution >= 4 is 23.2 Å². The van der Waals surface area contributed by atoms with Crippen molar-refractivity contribution in [2.75, 3.05) is 50.7 Å². The second kappa shape index (κ2) is 8.26. The molecule has 0 aliphatic rings. The normalized spacial score (nSPS) is 10.1. The lowest BCUT2D eigenvalue weighted by atomic mass is 10.2. The molecule has 116 valence electrons. The molecule has 0 heterocycles. The lowest BCUT2D eigenvalue weighted by Crippen LogP contribution is -2.40. The van der Waals surface area contributed by atoms with Gasteiger partial charge in [0.15, 0.2) is 0 Å². The van der Waals surface area contributed by atoms with Gasteiger partial charge in [-0.15, -0.1) is 0 Å². The zero-order valence-corrected chi connectivity index (χ0v) is 13.0. The van der Waals surface area contributed by atoms with Crippen LogP contribution in [0.4, 0.5) is 11.4 Å². The Morgan fingerprint density at radius 2 is 1.71 bits per heavy atom. The molecule has 0 fully saturated rings. The van der Waals surface area contributed by atoms with Crippen LogP contribution in [-0.2, 0) is 14.3 Å². The highest BCUT2D eigenvalue weighted by Gasteiger charge is 2.15. The van der Waals surface area contributed by atoms with Gasteiger partial charge in [0.2, 0.25) is 11.8 Å². The Bertz CT molecular complexity index is 472. The molecule has 0 saturated heterocycles. The molecule has 0 aliphatic carbocycles. The minimum Gasteiger partial charge on any atom is -0.383 e. The van der Waals surface area contributed by atoms with Gasteiger partial charge in [0, 0.05) is 46.0 Å². The highest BCUT2D eigenvalue weighted by molar-refractivity contribution is 5.97. The predicted molar refractivity (Wildman–Crippen MR) is 83.7 cm³/mol. The highest BCUT2D eigenvalue weighted by atomic mass is 16.5. The Morgan fingerprint density at radius 3 is 2.19 bits per heavy atom. The van der Waals surface area contributed by atoms with Gasteiger partial charge in [0.1, 0.15) is 6.54 Å². The summed E-state index contributed by atoms with van der Waals surface area (Å²) in [6, 6.07) is 7.49. The highest BCUT2D eigenvalue weighted by Crippen LogP contribution is 2.19. The number of anilines is 2. The van der Waals surface area contributed by atoms with Crippen molar-refractivity contribution in [2.45, 2.75) is 6.92 Å². The quantitative estimate of drug-likeness (QED) is 0.758. The van der Waals surface area contributed by atoms with Crippen LogP contribution in [0.15, 0.2) is 24.3 Å². The van der Waals surface area contributed by atoms with Crippen LogP contribution < -0.4 is 15.1 Å². The van der Waals surface area contributed by atoms with Crippen LogP contribution >= 0.6 is 0 Å². The van der Waals surface area contributed by atoms with Gasteiger partial charge >= 0.3 is 0 Å². The molecule has 0 saturated carbocycles. The molecule has 0 atom stereocenters. The molecular formula is C15H23N3O3. The fourth-order valence-electron chi connectivity index (χ4n) is 1.81. The van der Waals surface area contributed by atoms with E-state index in [0.717, 1.165) is 5.69 Å². The van der Waals surface area contributed by atoms with Gasteiger partial charge < -0.3 is 19.9 Å². The maximum atomic E-state index is 11.8. The Hall–Kier alpha value is -2.08. The van der Waals surface area contributed by atoms with E-state index in [9.17, 15) is 9.59 Å². The molecule has 6 nitrogen and oxygen atoms in total. The number of carbonyl (C=O) groups excluding carboxylic acids is 2. The summed E-state index contributed by atoms with van der Waals surface area (Å²) in [5, 5.41) is 2.70. The average molecular weight is 293 g/mol. The molecule has 6 heteroatoms. The smallest absolute Gasteiger partial charge is 0.240 e. The second-order valence-electron chi connectivity index (χ2n) is 4.86. The first-order valence-electron chi connectivity index (χ1n) is 6.77. The molecule has 1 aromatic rings. The minimum atomic E-state index is -0.209. The van der Waals surface area contributed by atoms with Crippen molar-refractivity contribution < 1.29 is 14.3 Å². The maximum Gasteiger partial charge on any atom is 0.240 e. The summed E-state index contributed by atoms with van der Waals surface area (Å²) in [4.78, 5) is 27.0. The number of nitrogens with one attached hydrogen (secondary N) is 1. The molecule has 0 unspecified atom stereocenters. The Labute approximate surface area is 125 Å². The van der Waals surface area contributed by atoms with Gasteiger partial charge in [-0.2, -0.15) is 0 Å². The topological polar surface area (TPSA) is 61.9 Å². The van der Waals surface area contributed by atoms with E-state index in [4.69, 9.17) is 4.74 Å². The van der Waals surface area contributed by atoms with E-state index in [1.807, 2.05) is 43.3 Å². The van der Waals surface area contributed by atoms with Crippen LogP contribution in [0.3, 0.4) is 0 Å². The number of carbonyl (C=O) groups is 2. The van der Waals surface area contributed by atoms with E-state index in [1.54, 1.807) is 7.11 Å². The summed E-state index contributed by atoms with van der Waals surface area (Å²) in [6.07, 6.45) is 0. The van der Waals surface area contributed by atoms with Crippen molar-refractivity contribution in [2.24, 2.45) is 0 Å². The summed E-state index contributed by atoms with van der Waals surface area (Å²) in [7, 11) is 5.46. The molecular weight excluding hydrogens is 270 g/mol. The number of ether oxygens (including phenoxy) is 1. The van der Waals surface area contributed by atoms with Gasteiger partial charge in [-0.05, 0) is 24.3 Å². The summed E-state index contributed by atoms with van der Waals surface area (Å²) < 4.78 is 4.86. The monoisotopic (exact) mass is 293 g/mol. The van der Waals surface area contributed by atoms with Crippen LogP contribution in [0, 0.1) is 0 Å². The fourth-order valence-corrected chi connectivity index (χ4v) is 1.81. The van der Waals surface area contributed by atoms with Crippen molar-refractivity contribution in [3.8, 4) is 0 Å². The number of benzene rings is 1. The molecule has 21 heavy (non-hydrogen) atoms. The van der Waals surface area contributed by atoms with Crippen LogP contribution in [0.25, 0.3) is 0 Å². The predicted octanol–water partition coefficient (Wildman–Crippen LogP) is 0.868. The Morgan fingerprint density at radius 1 is 1.14 bits per heavy atom. The summed E-state index contributed by atoms with van der Waals surface area (Å²) in [5.41, 5.74) is 1.74. The number of hydrogen-bond acceptors (Lipinski definition) is 4. The van der Waals surface area contributed by atoms with E-state index in [2.05, 4.69) is 5.32 Å².